The van der Waals surface area contributed by atoms with Gasteiger partial charge in [0.2, 0.25) is 0 Å². The lowest BCUT2D eigenvalue weighted by Crippen LogP contribution is -2.27. The first-order chi connectivity index (χ1) is 17.6. The summed E-state index contributed by atoms with van der Waals surface area (Å²) in [6.07, 6.45) is 5.17. The highest BCUT2D eigenvalue weighted by molar-refractivity contribution is 6.06. The molecule has 0 bridgehead atoms. The highest BCUT2D eigenvalue weighted by atomic mass is 19.1. The molecule has 5 nitrogen and oxygen atoms in total. The van der Waals surface area contributed by atoms with Gasteiger partial charge in [-0.1, -0.05) is 19.9 Å². The van der Waals surface area contributed by atoms with Gasteiger partial charge in [-0.2, -0.15) is 0 Å². The summed E-state index contributed by atoms with van der Waals surface area (Å²) in [6.45, 7) is 7.61. The van der Waals surface area contributed by atoms with Crippen LogP contribution in [0.1, 0.15) is 13.8 Å². The van der Waals surface area contributed by atoms with Crippen LogP contribution in [0.25, 0.3) is 44.2 Å². The quantitative estimate of drug-likeness (QED) is 0.251. The molecule has 5 aromatic rings. The minimum absolute atomic E-state index is 0.0890. The Bertz CT molecular complexity index is 1540. The van der Waals surface area contributed by atoms with E-state index in [-0.39, 0.29) is 5.56 Å². The van der Waals surface area contributed by atoms with Crippen LogP contribution in [0.5, 0.6) is 5.75 Å². The predicted molar refractivity (Wildman–Crippen MR) is 139 cm³/mol. The summed E-state index contributed by atoms with van der Waals surface area (Å²) in [6, 6.07) is 14.8. The summed E-state index contributed by atoms with van der Waals surface area (Å²) in [5.74, 6) is -0.323. The van der Waals surface area contributed by atoms with E-state index in [4.69, 9.17) is 4.74 Å². The Kier molecular flexibility index (Phi) is 6.82. The number of aromatic nitrogens is 3. The lowest BCUT2D eigenvalue weighted by molar-refractivity contribution is 0.224. The summed E-state index contributed by atoms with van der Waals surface area (Å²) in [5, 5.41) is 2.63. The van der Waals surface area contributed by atoms with Crippen LogP contribution in [0.4, 0.5) is 8.78 Å². The molecular formula is C29H26F2N4O. The van der Waals surface area contributed by atoms with Crippen LogP contribution >= 0.6 is 0 Å². The van der Waals surface area contributed by atoms with Crippen LogP contribution in [0.15, 0.2) is 73.2 Å². The molecule has 0 amide bonds. The molecule has 0 saturated heterocycles. The maximum absolute atomic E-state index is 14.7. The molecule has 0 unspecified atom stereocenters. The van der Waals surface area contributed by atoms with Crippen molar-refractivity contribution in [1.82, 2.24) is 19.9 Å². The van der Waals surface area contributed by atoms with Crippen LogP contribution in [-0.4, -0.2) is 46.1 Å². The van der Waals surface area contributed by atoms with Crippen molar-refractivity contribution in [2.75, 3.05) is 26.2 Å². The van der Waals surface area contributed by atoms with Crippen molar-refractivity contribution in [3.8, 4) is 28.1 Å². The molecule has 182 valence electrons. The number of hydrogen-bond acceptors (Lipinski definition) is 5. The highest BCUT2D eigenvalue weighted by Crippen LogP contribution is 2.38. The fraction of sp³-hybridized carbons (Fsp3) is 0.207. The van der Waals surface area contributed by atoms with Gasteiger partial charge < -0.3 is 9.64 Å². The lowest BCUT2D eigenvalue weighted by Gasteiger charge is -2.19. The van der Waals surface area contributed by atoms with Crippen molar-refractivity contribution in [3.63, 3.8) is 0 Å². The molecule has 0 atom stereocenters. The van der Waals surface area contributed by atoms with Crippen LogP contribution in [-0.2, 0) is 0 Å². The van der Waals surface area contributed by atoms with E-state index in [1.54, 1.807) is 24.7 Å². The van der Waals surface area contributed by atoms with Crippen LogP contribution < -0.4 is 4.74 Å². The molecule has 0 spiro atoms. The van der Waals surface area contributed by atoms with Gasteiger partial charge in [-0.15, -0.1) is 0 Å². The van der Waals surface area contributed by atoms with Crippen molar-refractivity contribution < 1.29 is 13.5 Å². The smallest absolute Gasteiger partial charge is 0.160 e. The fourth-order valence-electron chi connectivity index (χ4n) is 4.46. The van der Waals surface area contributed by atoms with Crippen LogP contribution in [0, 0.1) is 11.6 Å². The van der Waals surface area contributed by atoms with Gasteiger partial charge in [0.15, 0.2) is 5.65 Å². The summed E-state index contributed by atoms with van der Waals surface area (Å²) < 4.78 is 34.8. The molecular weight excluding hydrogens is 458 g/mol. The van der Waals surface area contributed by atoms with Gasteiger partial charge in [-0.3, -0.25) is 4.98 Å². The maximum Gasteiger partial charge on any atom is 0.160 e. The zero-order valence-corrected chi connectivity index (χ0v) is 20.2. The first-order valence-corrected chi connectivity index (χ1v) is 12.0. The van der Waals surface area contributed by atoms with Crippen molar-refractivity contribution in [2.24, 2.45) is 0 Å². The molecule has 7 heteroatoms. The third kappa shape index (κ3) is 4.62. The zero-order chi connectivity index (χ0) is 25.1. The maximum atomic E-state index is 14.7. The van der Waals surface area contributed by atoms with Crippen molar-refractivity contribution in [1.29, 1.82) is 0 Å². The van der Waals surface area contributed by atoms with Gasteiger partial charge in [0.25, 0.3) is 0 Å². The molecule has 3 aromatic heterocycles. The van der Waals surface area contributed by atoms with Crippen LogP contribution in [0.3, 0.4) is 0 Å². The SMILES string of the molecule is CCN(CC)CCOc1ccc(-c2cc(-c3cc(F)ccc3F)nc3ncccc23)c2ccncc12. The van der Waals surface area contributed by atoms with E-state index >= 15 is 0 Å². The summed E-state index contributed by atoms with van der Waals surface area (Å²) in [7, 11) is 0. The topological polar surface area (TPSA) is 51.1 Å². The van der Waals surface area contributed by atoms with E-state index in [1.165, 1.54) is 0 Å². The second kappa shape index (κ2) is 10.3. The van der Waals surface area contributed by atoms with Gasteiger partial charge in [0.05, 0.1) is 5.69 Å². The first kappa shape index (κ1) is 23.8. The summed E-state index contributed by atoms with van der Waals surface area (Å²) >= 11 is 0. The van der Waals surface area contributed by atoms with Gasteiger partial charge in [0, 0.05) is 41.5 Å². The molecule has 0 aliphatic rings. The van der Waals surface area contributed by atoms with E-state index in [1.807, 2.05) is 30.3 Å². The molecule has 0 aliphatic heterocycles. The molecule has 0 N–H and O–H groups in total. The predicted octanol–water partition coefficient (Wildman–Crippen LogP) is 6.51. The third-order valence-corrected chi connectivity index (χ3v) is 6.42. The number of fused-ring (bicyclic) bond motifs is 2. The number of hydrogen-bond donors (Lipinski definition) is 0. The Morgan fingerprint density at radius 3 is 2.53 bits per heavy atom. The number of ether oxygens (including phenoxy) is 1. The average molecular weight is 485 g/mol. The summed E-state index contributed by atoms with van der Waals surface area (Å²) in [5.41, 5.74) is 2.58. The number of rotatable bonds is 8. The number of benzene rings is 2. The normalized spacial score (nSPS) is 11.5. The third-order valence-electron chi connectivity index (χ3n) is 6.42. The standard InChI is InChI=1S/C29H26F2N4O/c1-3-35(4-2)14-15-36-28-10-8-20(21-11-13-32-18-25(21)28)23-17-27(24-16-19(30)7-9-26(24)31)34-29-22(23)6-5-12-33-29/h5-13,16-18H,3-4,14-15H2,1-2H3. The number of likely N-dealkylation sites (N-methyl/N-ethyl adjacent to an activating group) is 1. The average Bonchev–Trinajstić information content (AvgIpc) is 2.92. The number of pyridine rings is 3. The van der Waals surface area contributed by atoms with Gasteiger partial charge in [-0.25, -0.2) is 18.7 Å². The molecule has 5 rings (SSSR count). The second-order valence-corrected chi connectivity index (χ2v) is 8.46. The molecule has 0 saturated carbocycles. The Morgan fingerprint density at radius 1 is 0.833 bits per heavy atom. The molecule has 0 fully saturated rings. The zero-order valence-electron chi connectivity index (χ0n) is 20.2. The first-order valence-electron chi connectivity index (χ1n) is 12.0. The van der Waals surface area contributed by atoms with E-state index in [2.05, 4.69) is 33.7 Å². The van der Waals surface area contributed by atoms with Crippen molar-refractivity contribution in [2.45, 2.75) is 13.8 Å². The Balaban J connectivity index is 1.64. The van der Waals surface area contributed by atoms with Crippen LogP contribution in [0.2, 0.25) is 0 Å². The molecule has 3 heterocycles. The van der Waals surface area contributed by atoms with Crippen molar-refractivity contribution in [3.05, 3.63) is 84.8 Å². The minimum Gasteiger partial charge on any atom is -0.492 e. The molecule has 0 aliphatic carbocycles. The Morgan fingerprint density at radius 2 is 1.69 bits per heavy atom. The Hall–Kier alpha value is -3.97. The van der Waals surface area contributed by atoms with E-state index in [9.17, 15) is 8.78 Å². The minimum atomic E-state index is -0.545. The van der Waals surface area contributed by atoms with E-state index in [0.717, 1.165) is 70.9 Å². The van der Waals surface area contributed by atoms with E-state index < -0.39 is 11.6 Å². The number of nitrogens with zero attached hydrogens (tertiary/aromatic N) is 4. The van der Waals surface area contributed by atoms with Gasteiger partial charge >= 0.3 is 0 Å². The van der Waals surface area contributed by atoms with Gasteiger partial charge in [-0.05, 0) is 78.1 Å². The fourth-order valence-corrected chi connectivity index (χ4v) is 4.46. The molecule has 2 aromatic carbocycles. The van der Waals surface area contributed by atoms with E-state index in [0.29, 0.717) is 17.9 Å². The number of halogens is 2. The lowest BCUT2D eigenvalue weighted by atomic mass is 9.95. The monoisotopic (exact) mass is 484 g/mol. The second-order valence-electron chi connectivity index (χ2n) is 8.46. The molecule has 0 radical (unpaired) electrons. The Labute approximate surface area is 208 Å². The largest absolute Gasteiger partial charge is 0.492 e. The van der Waals surface area contributed by atoms with Crippen molar-refractivity contribution >= 4 is 21.8 Å². The molecule has 36 heavy (non-hydrogen) atoms. The highest BCUT2D eigenvalue weighted by Gasteiger charge is 2.17. The summed E-state index contributed by atoms with van der Waals surface area (Å²) in [4.78, 5) is 15.6. The van der Waals surface area contributed by atoms with Gasteiger partial charge in [0.1, 0.15) is 24.0 Å².